The first-order valence-corrected chi connectivity index (χ1v) is 21.4. The molecule has 1 aromatic carbocycles. The van der Waals surface area contributed by atoms with Gasteiger partial charge in [-0.05, 0) is 72.9 Å². The number of amides is 4. The number of likely N-dealkylation sites (tertiary alicyclic amines) is 1. The Balaban J connectivity index is 1.13. The summed E-state index contributed by atoms with van der Waals surface area (Å²) in [5.74, 6) is 7.34. The van der Waals surface area contributed by atoms with Gasteiger partial charge in [0.05, 0.1) is 50.6 Å². The van der Waals surface area contributed by atoms with Crippen molar-refractivity contribution in [2.24, 2.45) is 17.8 Å². The van der Waals surface area contributed by atoms with E-state index < -0.39 is 24.3 Å². The summed E-state index contributed by atoms with van der Waals surface area (Å²) in [6.07, 6.45) is 16.8. The number of aliphatic hydroxyl groups excluding tert-OH is 1. The molecule has 4 amide bonds. The van der Waals surface area contributed by atoms with Gasteiger partial charge in [-0.2, -0.15) is 0 Å². The summed E-state index contributed by atoms with van der Waals surface area (Å²) >= 11 is 0. The molecule has 0 spiro atoms. The molecule has 4 atom stereocenters. The zero-order chi connectivity index (χ0) is 45.2. The number of aromatic nitrogens is 4. The van der Waals surface area contributed by atoms with Gasteiger partial charge in [-0.25, -0.2) is 19.6 Å². The van der Waals surface area contributed by atoms with Crippen LogP contribution in [0.5, 0.6) is 0 Å². The molecule has 3 aliphatic rings. The number of hydrogen-bond acceptors (Lipinski definition) is 9. The van der Waals surface area contributed by atoms with E-state index in [2.05, 4.69) is 50.8 Å². The molecular formula is C48H58N8O7. The third kappa shape index (κ3) is 11.2. The Morgan fingerprint density at radius 1 is 0.905 bits per heavy atom. The largest absolute Gasteiger partial charge is 0.509 e. The van der Waals surface area contributed by atoms with Gasteiger partial charge in [0.1, 0.15) is 29.5 Å². The van der Waals surface area contributed by atoms with Crippen molar-refractivity contribution in [1.82, 2.24) is 40.0 Å². The number of alkyl carbamates (subject to hydrolysis) is 1. The zero-order valence-corrected chi connectivity index (χ0v) is 36.9. The van der Waals surface area contributed by atoms with Crippen LogP contribution in [0.15, 0.2) is 91.0 Å². The number of imidazole rings is 2. The van der Waals surface area contributed by atoms with Crippen molar-refractivity contribution < 1.29 is 33.8 Å². The minimum atomic E-state index is -0.842. The van der Waals surface area contributed by atoms with Crippen LogP contribution in [0.2, 0.25) is 0 Å². The van der Waals surface area contributed by atoms with Gasteiger partial charge in [-0.15, -0.1) is 0 Å². The van der Waals surface area contributed by atoms with E-state index in [9.17, 15) is 24.3 Å². The monoisotopic (exact) mass is 858 g/mol. The third-order valence-corrected chi connectivity index (χ3v) is 11.6. The van der Waals surface area contributed by atoms with Crippen molar-refractivity contribution in [3.8, 4) is 23.1 Å². The second-order valence-corrected chi connectivity index (χ2v) is 16.6. The number of nitrogens with zero attached hydrogens (tertiary/aromatic N) is 5. The Hall–Kier alpha value is -6.82. The fraction of sp³-hybridized carbons (Fsp3) is 0.417. The Morgan fingerprint density at radius 2 is 1.60 bits per heavy atom. The van der Waals surface area contributed by atoms with E-state index in [4.69, 9.17) is 14.5 Å². The lowest BCUT2D eigenvalue weighted by molar-refractivity contribution is -0.140. The van der Waals surface area contributed by atoms with Crippen LogP contribution in [0, 0.1) is 29.6 Å². The smallest absolute Gasteiger partial charge is 0.409 e. The number of hydrogen-bond donors (Lipinski definition) is 4. The molecule has 0 saturated carbocycles. The number of H-pyrrole nitrogens is 2. The first-order valence-electron chi connectivity index (χ1n) is 21.4. The molecule has 2 aromatic heterocycles. The molecule has 2 aliphatic heterocycles. The number of carbonyl (C=O) groups is 4. The van der Waals surface area contributed by atoms with E-state index in [1.54, 1.807) is 17.2 Å². The number of rotatable bonds is 12. The normalized spacial score (nSPS) is 18.6. The predicted octanol–water partition coefficient (Wildman–Crippen LogP) is 7.41. The number of methoxy groups -OCH3 is 2. The highest BCUT2D eigenvalue weighted by atomic mass is 16.5. The molecule has 3 aromatic rings. The Labute approximate surface area is 369 Å². The minimum Gasteiger partial charge on any atom is -0.509 e. The van der Waals surface area contributed by atoms with Crippen LogP contribution in [-0.2, 0) is 19.1 Å². The number of piperazine rings is 1. The molecule has 0 unspecified atom stereocenters. The van der Waals surface area contributed by atoms with Crippen molar-refractivity contribution in [3.05, 3.63) is 114 Å². The summed E-state index contributed by atoms with van der Waals surface area (Å²) in [4.78, 5) is 73.6. The predicted molar refractivity (Wildman–Crippen MR) is 239 cm³/mol. The topological polar surface area (TPSA) is 186 Å². The average molecular weight is 859 g/mol. The van der Waals surface area contributed by atoms with Crippen molar-refractivity contribution in [3.63, 3.8) is 0 Å². The molecule has 0 radical (unpaired) electrons. The van der Waals surface area contributed by atoms with E-state index >= 15 is 0 Å². The SMILES string of the molecule is C=C(O)/C=C/C[C@H](C(=O)N1CCC[C@H]1c1ncc(C2=CC=C(C#Cc3ccc(-c4cnc([C@@H]5CN(C(=O)OC)CCN5C(=O)[C@@H](NC(=O)OC)C(C)C)[nH]4)cc3)CC=C2)[nH]1)C(C)C. The maximum Gasteiger partial charge on any atom is 0.409 e. The molecule has 0 bridgehead atoms. The van der Waals surface area contributed by atoms with Gasteiger partial charge in [0.25, 0.3) is 0 Å². The number of aliphatic hydroxyl groups is 1. The highest BCUT2D eigenvalue weighted by molar-refractivity contribution is 5.86. The molecule has 2 fully saturated rings. The van der Waals surface area contributed by atoms with Crippen LogP contribution in [0.3, 0.4) is 0 Å². The Kier molecular flexibility index (Phi) is 15.1. The molecule has 6 rings (SSSR count). The zero-order valence-electron chi connectivity index (χ0n) is 36.9. The molecular weight excluding hydrogens is 801 g/mol. The van der Waals surface area contributed by atoms with Crippen LogP contribution in [0.4, 0.5) is 9.59 Å². The summed E-state index contributed by atoms with van der Waals surface area (Å²) in [5.41, 5.74) is 5.20. The van der Waals surface area contributed by atoms with Gasteiger partial charge in [-0.1, -0.05) is 82.6 Å². The van der Waals surface area contributed by atoms with E-state index in [1.807, 2.05) is 81.3 Å². The molecule has 15 heteroatoms. The molecule has 2 saturated heterocycles. The Bertz CT molecular complexity index is 2340. The van der Waals surface area contributed by atoms with Crippen molar-refractivity contribution in [1.29, 1.82) is 0 Å². The van der Waals surface area contributed by atoms with Crippen molar-refractivity contribution >= 4 is 29.6 Å². The Morgan fingerprint density at radius 3 is 2.29 bits per heavy atom. The molecule has 15 nitrogen and oxygen atoms in total. The highest BCUT2D eigenvalue weighted by Gasteiger charge is 2.40. The quantitative estimate of drug-likeness (QED) is 0.0818. The summed E-state index contributed by atoms with van der Waals surface area (Å²) in [5, 5.41) is 12.1. The number of ether oxygens (including phenoxy) is 2. The fourth-order valence-corrected chi connectivity index (χ4v) is 8.08. The standard InChI is InChI=1S/C48H58N8O7/c1-30(2)37(14-8-11-32(5)57)45(58)55-24-10-15-40(55)43-49-27-38(51-43)35-13-9-12-33(18-21-35)16-17-34-19-22-36(23-20-34)39-28-50-44(52-39)41-29-54(48(61)63-7)25-26-56(41)46(59)42(31(3)4)53-47(60)62-6/h8-9,11,13,18-23,27-28,30-31,37,40-42,57H,5,10,12,14-15,24-26,29H2,1-4,6-7H3,(H,49,51)(H,50,52)(H,53,60)/b11-8+/t37-,40-,41-,42-/m0/s1. The average Bonchev–Trinajstić information content (AvgIpc) is 4.05. The van der Waals surface area contributed by atoms with Gasteiger partial charge in [0.2, 0.25) is 11.8 Å². The second kappa shape index (κ2) is 20.8. The summed E-state index contributed by atoms with van der Waals surface area (Å²) in [6, 6.07) is 6.18. The first kappa shape index (κ1) is 45.7. The minimum absolute atomic E-state index is 0.0240. The van der Waals surface area contributed by atoms with Crippen LogP contribution in [-0.4, -0.2) is 110 Å². The number of aromatic amines is 2. The lowest BCUT2D eigenvalue weighted by Gasteiger charge is -2.41. The summed E-state index contributed by atoms with van der Waals surface area (Å²) < 4.78 is 9.75. The molecule has 332 valence electrons. The number of allylic oxidation sites excluding steroid dienone is 8. The number of nitrogens with one attached hydrogen (secondary N) is 3. The van der Waals surface area contributed by atoms with Crippen LogP contribution in [0.25, 0.3) is 16.8 Å². The highest BCUT2D eigenvalue weighted by Crippen LogP contribution is 2.35. The van der Waals surface area contributed by atoms with Crippen LogP contribution >= 0.6 is 0 Å². The molecule has 63 heavy (non-hydrogen) atoms. The third-order valence-electron chi connectivity index (χ3n) is 11.6. The molecule has 4 heterocycles. The van der Waals surface area contributed by atoms with Gasteiger partial charge >= 0.3 is 12.2 Å². The number of carbonyl (C=O) groups excluding carboxylic acids is 4. The molecule has 4 N–H and O–H groups in total. The van der Waals surface area contributed by atoms with E-state index in [0.717, 1.165) is 52.3 Å². The maximum atomic E-state index is 13.9. The van der Waals surface area contributed by atoms with Crippen LogP contribution < -0.4 is 5.32 Å². The van der Waals surface area contributed by atoms with Gasteiger partial charge in [0.15, 0.2) is 0 Å². The summed E-state index contributed by atoms with van der Waals surface area (Å²) in [7, 11) is 2.57. The molecule has 1 aliphatic carbocycles. The van der Waals surface area contributed by atoms with E-state index in [0.29, 0.717) is 25.2 Å². The van der Waals surface area contributed by atoms with Crippen LogP contribution in [0.1, 0.15) is 88.4 Å². The van der Waals surface area contributed by atoms with Gasteiger partial charge in [0, 0.05) is 36.7 Å². The second-order valence-electron chi connectivity index (χ2n) is 16.6. The first-order chi connectivity index (χ1) is 30.3. The maximum absolute atomic E-state index is 13.9. The fourth-order valence-electron chi connectivity index (χ4n) is 8.08. The van der Waals surface area contributed by atoms with Gasteiger partial charge in [-0.3, -0.25) is 9.59 Å². The lowest BCUT2D eigenvalue weighted by Crippen LogP contribution is -2.58. The van der Waals surface area contributed by atoms with Crippen molar-refractivity contribution in [2.45, 2.75) is 71.5 Å². The van der Waals surface area contributed by atoms with E-state index in [1.165, 1.54) is 19.1 Å². The summed E-state index contributed by atoms with van der Waals surface area (Å²) in [6.45, 7) is 12.6. The number of benzene rings is 1. The van der Waals surface area contributed by atoms with Gasteiger partial charge < -0.3 is 44.6 Å². The lowest BCUT2D eigenvalue weighted by atomic mass is 9.90. The van der Waals surface area contributed by atoms with Crippen molar-refractivity contribution in [2.75, 3.05) is 40.4 Å². The van der Waals surface area contributed by atoms with E-state index in [-0.39, 0.29) is 61.0 Å².